The number of carbonyl (C=O) groups is 1. The van der Waals surface area contributed by atoms with E-state index in [0.29, 0.717) is 11.8 Å². The summed E-state index contributed by atoms with van der Waals surface area (Å²) in [5.41, 5.74) is 0. The Morgan fingerprint density at radius 2 is 2.08 bits per heavy atom. The maximum Gasteiger partial charge on any atom is 0.225 e. The number of amides is 1. The van der Waals surface area contributed by atoms with Gasteiger partial charge >= 0.3 is 0 Å². The van der Waals surface area contributed by atoms with Crippen molar-refractivity contribution in [1.29, 1.82) is 0 Å². The molecule has 2 aliphatic rings. The van der Waals surface area contributed by atoms with Gasteiger partial charge in [0.1, 0.15) is 0 Å². The van der Waals surface area contributed by atoms with E-state index in [0.717, 1.165) is 31.8 Å². The van der Waals surface area contributed by atoms with Crippen molar-refractivity contribution < 1.29 is 4.79 Å². The van der Waals surface area contributed by atoms with Crippen molar-refractivity contribution in [3.8, 4) is 0 Å². The molecule has 1 saturated carbocycles. The predicted molar refractivity (Wildman–Crippen MR) is 47.7 cm³/mol. The summed E-state index contributed by atoms with van der Waals surface area (Å²) in [4.78, 5) is 13.7. The molecular formula is C10H17NO. The number of nitrogens with zero attached hydrogens (tertiary/aromatic N) is 1. The highest BCUT2D eigenvalue weighted by atomic mass is 16.2. The lowest BCUT2D eigenvalue weighted by molar-refractivity contribution is -0.134. The van der Waals surface area contributed by atoms with Crippen LogP contribution in [0.2, 0.25) is 0 Å². The summed E-state index contributed by atoms with van der Waals surface area (Å²) in [5, 5.41) is 0. The second-order valence-corrected chi connectivity index (χ2v) is 4.31. The Kier molecular flexibility index (Phi) is 2.07. The molecule has 0 bridgehead atoms. The summed E-state index contributed by atoms with van der Waals surface area (Å²) in [6.45, 7) is 4.27. The highest BCUT2D eigenvalue weighted by molar-refractivity contribution is 5.81. The Balaban J connectivity index is 1.89. The highest BCUT2D eigenvalue weighted by Crippen LogP contribution is 2.32. The summed E-state index contributed by atoms with van der Waals surface area (Å²) in [6, 6.07) is 0. The molecule has 2 fully saturated rings. The van der Waals surface area contributed by atoms with Crippen molar-refractivity contribution >= 4 is 5.91 Å². The van der Waals surface area contributed by atoms with E-state index < -0.39 is 0 Å². The summed E-state index contributed by atoms with van der Waals surface area (Å²) in [7, 11) is 0. The lowest BCUT2D eigenvalue weighted by atomic mass is 10.00. The van der Waals surface area contributed by atoms with Gasteiger partial charge < -0.3 is 4.90 Å². The van der Waals surface area contributed by atoms with E-state index in [1.54, 1.807) is 0 Å². The van der Waals surface area contributed by atoms with Crippen LogP contribution in [0, 0.1) is 11.8 Å². The molecule has 1 amide bonds. The van der Waals surface area contributed by atoms with E-state index in [9.17, 15) is 4.79 Å². The van der Waals surface area contributed by atoms with Crippen LogP contribution >= 0.6 is 0 Å². The molecule has 2 rings (SSSR count). The van der Waals surface area contributed by atoms with E-state index in [4.69, 9.17) is 0 Å². The van der Waals surface area contributed by atoms with Crippen molar-refractivity contribution in [2.24, 2.45) is 11.8 Å². The molecule has 68 valence electrons. The highest BCUT2D eigenvalue weighted by Gasteiger charge is 2.34. The molecule has 0 aromatic carbocycles. The fourth-order valence-electron chi connectivity index (χ4n) is 1.98. The molecule has 1 saturated heterocycles. The smallest absolute Gasteiger partial charge is 0.225 e. The molecule has 0 aromatic rings. The van der Waals surface area contributed by atoms with Gasteiger partial charge in [0.2, 0.25) is 5.91 Å². The Labute approximate surface area is 73.9 Å². The number of rotatable bonds is 1. The number of piperidine rings is 1. The van der Waals surface area contributed by atoms with Crippen molar-refractivity contribution in [3.05, 3.63) is 0 Å². The topological polar surface area (TPSA) is 20.3 Å². The van der Waals surface area contributed by atoms with Gasteiger partial charge in [0.25, 0.3) is 0 Å². The van der Waals surface area contributed by atoms with Crippen LogP contribution in [0.4, 0.5) is 0 Å². The number of hydrogen-bond acceptors (Lipinski definition) is 1. The minimum Gasteiger partial charge on any atom is -0.342 e. The lowest BCUT2D eigenvalue weighted by Crippen LogP contribution is -2.39. The zero-order valence-electron chi connectivity index (χ0n) is 7.75. The maximum atomic E-state index is 11.6. The number of likely N-dealkylation sites (tertiary alicyclic amines) is 1. The zero-order chi connectivity index (χ0) is 8.55. The molecule has 0 radical (unpaired) electrons. The standard InChI is InChI=1S/C10H17NO/c1-8-3-2-6-11(7-8)10(12)9-4-5-9/h8-9H,2-7H2,1H3/t8-/m1/s1. The second kappa shape index (κ2) is 3.08. The van der Waals surface area contributed by atoms with Gasteiger partial charge in [0.05, 0.1) is 0 Å². The Morgan fingerprint density at radius 1 is 1.33 bits per heavy atom. The summed E-state index contributed by atoms with van der Waals surface area (Å²) < 4.78 is 0. The molecule has 1 atom stereocenters. The van der Waals surface area contributed by atoms with E-state index in [1.165, 1.54) is 12.8 Å². The quantitative estimate of drug-likeness (QED) is 0.581. The third-order valence-corrected chi connectivity index (χ3v) is 2.90. The van der Waals surface area contributed by atoms with Crippen LogP contribution in [0.5, 0.6) is 0 Å². The monoisotopic (exact) mass is 167 g/mol. The van der Waals surface area contributed by atoms with Gasteiger partial charge in [-0.3, -0.25) is 4.79 Å². The van der Waals surface area contributed by atoms with Gasteiger partial charge in [-0.25, -0.2) is 0 Å². The van der Waals surface area contributed by atoms with Crippen molar-refractivity contribution in [2.45, 2.75) is 32.6 Å². The van der Waals surface area contributed by atoms with E-state index in [1.807, 2.05) is 0 Å². The summed E-state index contributed by atoms with van der Waals surface area (Å²) in [6.07, 6.45) is 4.79. The third kappa shape index (κ3) is 1.62. The van der Waals surface area contributed by atoms with Crippen LogP contribution in [0.3, 0.4) is 0 Å². The molecule has 0 unspecified atom stereocenters. The summed E-state index contributed by atoms with van der Waals surface area (Å²) in [5.74, 6) is 1.57. The van der Waals surface area contributed by atoms with Crippen LogP contribution in [-0.4, -0.2) is 23.9 Å². The van der Waals surface area contributed by atoms with Gasteiger partial charge in [-0.1, -0.05) is 6.92 Å². The molecule has 0 aromatic heterocycles. The average molecular weight is 167 g/mol. The van der Waals surface area contributed by atoms with Gasteiger partial charge in [0.15, 0.2) is 0 Å². The number of carbonyl (C=O) groups excluding carboxylic acids is 1. The predicted octanol–water partition coefficient (Wildman–Crippen LogP) is 1.65. The van der Waals surface area contributed by atoms with Crippen LogP contribution < -0.4 is 0 Å². The summed E-state index contributed by atoms with van der Waals surface area (Å²) >= 11 is 0. The Hall–Kier alpha value is -0.530. The third-order valence-electron chi connectivity index (χ3n) is 2.90. The molecule has 2 heteroatoms. The Morgan fingerprint density at radius 3 is 2.67 bits per heavy atom. The fourth-order valence-corrected chi connectivity index (χ4v) is 1.98. The fraction of sp³-hybridized carbons (Fsp3) is 0.900. The SMILES string of the molecule is C[C@@H]1CCCN(C(=O)C2CC2)C1. The van der Waals surface area contributed by atoms with Gasteiger partial charge in [-0.15, -0.1) is 0 Å². The first-order valence-corrected chi connectivity index (χ1v) is 5.06. The van der Waals surface area contributed by atoms with Crippen LogP contribution in [0.25, 0.3) is 0 Å². The van der Waals surface area contributed by atoms with Gasteiger partial charge in [-0.05, 0) is 31.6 Å². The lowest BCUT2D eigenvalue weighted by Gasteiger charge is -2.31. The number of hydrogen-bond donors (Lipinski definition) is 0. The first-order chi connectivity index (χ1) is 5.77. The maximum absolute atomic E-state index is 11.6. The van der Waals surface area contributed by atoms with Crippen molar-refractivity contribution in [1.82, 2.24) is 4.90 Å². The molecule has 1 heterocycles. The average Bonchev–Trinajstić information content (AvgIpc) is 2.85. The molecule has 2 nitrogen and oxygen atoms in total. The van der Waals surface area contributed by atoms with Crippen LogP contribution in [0.15, 0.2) is 0 Å². The molecule has 1 aliphatic carbocycles. The van der Waals surface area contributed by atoms with Crippen LogP contribution in [0.1, 0.15) is 32.6 Å². The molecule has 1 aliphatic heterocycles. The molecule has 0 N–H and O–H groups in total. The zero-order valence-corrected chi connectivity index (χ0v) is 7.75. The Bertz CT molecular complexity index is 186. The first kappa shape index (κ1) is 8.09. The minimum absolute atomic E-state index is 0.412. The van der Waals surface area contributed by atoms with E-state index >= 15 is 0 Å². The molecule has 0 spiro atoms. The second-order valence-electron chi connectivity index (χ2n) is 4.31. The largest absolute Gasteiger partial charge is 0.342 e. The van der Waals surface area contributed by atoms with Crippen molar-refractivity contribution in [2.75, 3.05) is 13.1 Å². The van der Waals surface area contributed by atoms with Gasteiger partial charge in [0, 0.05) is 19.0 Å². The van der Waals surface area contributed by atoms with Crippen molar-refractivity contribution in [3.63, 3.8) is 0 Å². The van der Waals surface area contributed by atoms with E-state index in [-0.39, 0.29) is 0 Å². The van der Waals surface area contributed by atoms with E-state index in [2.05, 4.69) is 11.8 Å². The minimum atomic E-state index is 0.412. The first-order valence-electron chi connectivity index (χ1n) is 5.06. The molecular weight excluding hydrogens is 150 g/mol. The normalized spacial score (nSPS) is 30.4. The van der Waals surface area contributed by atoms with Gasteiger partial charge in [-0.2, -0.15) is 0 Å². The molecule has 12 heavy (non-hydrogen) atoms. The van der Waals surface area contributed by atoms with Crippen LogP contribution in [-0.2, 0) is 4.79 Å².